The van der Waals surface area contributed by atoms with Gasteiger partial charge in [0.1, 0.15) is 0 Å². The monoisotopic (exact) mass is 536 g/mol. The number of nitro groups is 1. The Kier molecular flexibility index (Phi) is 10.5. The van der Waals surface area contributed by atoms with Gasteiger partial charge in [-0.25, -0.2) is 9.59 Å². The summed E-state index contributed by atoms with van der Waals surface area (Å²) in [5.74, 6) is -0.699. The van der Waals surface area contributed by atoms with E-state index in [0.717, 1.165) is 27.9 Å². The van der Waals surface area contributed by atoms with Gasteiger partial charge in [0.05, 0.1) is 30.3 Å². The number of carbonyl (C=O) groups is 2. The lowest BCUT2D eigenvalue weighted by molar-refractivity contribution is -0.384. The average Bonchev–Trinajstić information content (AvgIpc) is 3.00. The van der Waals surface area contributed by atoms with Crippen LogP contribution in [0.4, 0.5) is 11.4 Å². The molecule has 0 atom stereocenters. The number of esters is 2. The van der Waals surface area contributed by atoms with E-state index in [4.69, 9.17) is 5.73 Å². The number of nitrogen functional groups attached to an aromatic ring is 1. The SMILES string of the molecule is COC(=O)c1ccc(/C=C/c2ccc(N)cc2)cc1.COC(=O)c1ccc(/C=C/c2ccc([N+](=O)[O-])cc2)cc1. The van der Waals surface area contributed by atoms with Crippen LogP contribution in [0.5, 0.6) is 0 Å². The quantitative estimate of drug-likeness (QED) is 0.0908. The number of non-ortho nitro benzene ring substituents is 1. The van der Waals surface area contributed by atoms with Gasteiger partial charge in [-0.2, -0.15) is 0 Å². The maximum atomic E-state index is 11.3. The lowest BCUT2D eigenvalue weighted by Crippen LogP contribution is -2.00. The molecule has 0 bridgehead atoms. The number of ether oxygens (including phenoxy) is 2. The number of benzene rings is 4. The zero-order valence-electron chi connectivity index (χ0n) is 22.0. The normalized spacial score (nSPS) is 10.6. The summed E-state index contributed by atoms with van der Waals surface area (Å²) in [6.45, 7) is 0. The van der Waals surface area contributed by atoms with Gasteiger partial charge < -0.3 is 15.2 Å². The van der Waals surface area contributed by atoms with Crippen LogP contribution >= 0.6 is 0 Å². The first kappa shape index (κ1) is 29.1. The lowest BCUT2D eigenvalue weighted by Gasteiger charge is -1.99. The molecular formula is C32H28N2O6. The third-order valence-electron chi connectivity index (χ3n) is 5.64. The molecule has 0 spiro atoms. The van der Waals surface area contributed by atoms with Gasteiger partial charge in [-0.15, -0.1) is 0 Å². The number of nitrogens with two attached hydrogens (primary N) is 1. The van der Waals surface area contributed by atoms with Crippen LogP contribution in [0.3, 0.4) is 0 Å². The van der Waals surface area contributed by atoms with Crippen LogP contribution in [-0.4, -0.2) is 31.1 Å². The highest BCUT2D eigenvalue weighted by molar-refractivity contribution is 5.90. The number of hydrogen-bond donors (Lipinski definition) is 1. The molecule has 0 aliphatic carbocycles. The van der Waals surface area contributed by atoms with Crippen molar-refractivity contribution in [3.05, 3.63) is 141 Å². The highest BCUT2D eigenvalue weighted by Crippen LogP contribution is 2.15. The van der Waals surface area contributed by atoms with E-state index < -0.39 is 4.92 Å². The Labute approximate surface area is 232 Å². The van der Waals surface area contributed by atoms with Crippen molar-refractivity contribution in [1.29, 1.82) is 0 Å². The second-order valence-corrected chi connectivity index (χ2v) is 8.41. The van der Waals surface area contributed by atoms with Crippen LogP contribution in [0.1, 0.15) is 43.0 Å². The van der Waals surface area contributed by atoms with Crippen LogP contribution in [0.15, 0.2) is 97.1 Å². The van der Waals surface area contributed by atoms with Crippen molar-refractivity contribution in [3.8, 4) is 0 Å². The number of carbonyl (C=O) groups excluding carboxylic acids is 2. The van der Waals surface area contributed by atoms with Gasteiger partial charge in [-0.05, 0) is 70.8 Å². The van der Waals surface area contributed by atoms with Crippen molar-refractivity contribution in [2.45, 2.75) is 0 Å². The average molecular weight is 537 g/mol. The number of methoxy groups -OCH3 is 2. The number of nitro benzene ring substituents is 1. The molecule has 0 aliphatic heterocycles. The van der Waals surface area contributed by atoms with E-state index in [9.17, 15) is 19.7 Å². The first-order chi connectivity index (χ1) is 19.3. The molecule has 4 rings (SSSR count). The fourth-order valence-electron chi connectivity index (χ4n) is 3.40. The molecule has 0 saturated carbocycles. The van der Waals surface area contributed by atoms with Crippen molar-refractivity contribution in [2.75, 3.05) is 20.0 Å². The summed E-state index contributed by atoms with van der Waals surface area (Å²) in [5, 5.41) is 10.6. The molecule has 0 amide bonds. The van der Waals surface area contributed by atoms with Crippen molar-refractivity contribution >= 4 is 47.6 Å². The summed E-state index contributed by atoms with van der Waals surface area (Å²) in [4.78, 5) is 32.7. The Morgan fingerprint density at radius 3 is 1.20 bits per heavy atom. The van der Waals surface area contributed by atoms with Gasteiger partial charge in [0.2, 0.25) is 0 Å². The molecule has 4 aromatic rings. The highest BCUT2D eigenvalue weighted by atomic mass is 16.6. The molecule has 0 aliphatic rings. The number of nitrogens with zero attached hydrogens (tertiary/aromatic N) is 1. The Hall–Kier alpha value is -5.50. The molecule has 0 aromatic heterocycles. The molecule has 0 radical (unpaired) electrons. The van der Waals surface area contributed by atoms with E-state index in [0.29, 0.717) is 11.1 Å². The summed E-state index contributed by atoms with van der Waals surface area (Å²) >= 11 is 0. The Bertz CT molecular complexity index is 1490. The molecule has 0 heterocycles. The molecule has 4 aromatic carbocycles. The van der Waals surface area contributed by atoms with Crippen molar-refractivity contribution < 1.29 is 24.0 Å². The molecule has 0 unspecified atom stereocenters. The largest absolute Gasteiger partial charge is 0.465 e. The predicted octanol–water partition coefficient (Wildman–Crippen LogP) is 6.78. The van der Waals surface area contributed by atoms with Gasteiger partial charge in [0.25, 0.3) is 5.69 Å². The highest BCUT2D eigenvalue weighted by Gasteiger charge is 2.05. The molecule has 0 saturated heterocycles. The Morgan fingerprint density at radius 2 is 0.900 bits per heavy atom. The van der Waals surface area contributed by atoms with Crippen LogP contribution in [0.2, 0.25) is 0 Å². The van der Waals surface area contributed by atoms with E-state index >= 15 is 0 Å². The second-order valence-electron chi connectivity index (χ2n) is 8.41. The van der Waals surface area contributed by atoms with Crippen LogP contribution < -0.4 is 5.73 Å². The number of rotatable bonds is 7. The van der Waals surface area contributed by atoms with Crippen LogP contribution in [0.25, 0.3) is 24.3 Å². The van der Waals surface area contributed by atoms with E-state index in [-0.39, 0.29) is 17.6 Å². The minimum atomic E-state index is -0.432. The lowest BCUT2D eigenvalue weighted by atomic mass is 10.1. The number of hydrogen-bond acceptors (Lipinski definition) is 7. The minimum absolute atomic E-state index is 0.0644. The summed E-state index contributed by atoms with van der Waals surface area (Å²) in [6.07, 6.45) is 7.68. The standard InChI is InChI=1S/C16H13NO4.C16H15NO2/c1-21-16(18)14-8-4-12(5-9-14)2-3-13-6-10-15(11-7-13)17(19)20;1-19-16(18)14-8-4-12(5-9-14)2-3-13-6-10-15(17)11-7-13/h2-11H,1H3;2-11H,17H2,1H3/b2*3-2+. The van der Waals surface area contributed by atoms with Gasteiger partial charge in [-0.3, -0.25) is 10.1 Å². The molecule has 8 nitrogen and oxygen atoms in total. The van der Waals surface area contributed by atoms with E-state index in [1.807, 2.05) is 60.7 Å². The van der Waals surface area contributed by atoms with Gasteiger partial charge in [0.15, 0.2) is 0 Å². The first-order valence-corrected chi connectivity index (χ1v) is 12.1. The van der Waals surface area contributed by atoms with E-state index in [1.54, 1.807) is 48.5 Å². The predicted molar refractivity (Wildman–Crippen MR) is 157 cm³/mol. The van der Waals surface area contributed by atoms with Crippen LogP contribution in [-0.2, 0) is 9.47 Å². The fraction of sp³-hybridized carbons (Fsp3) is 0.0625. The van der Waals surface area contributed by atoms with E-state index in [1.165, 1.54) is 26.4 Å². The molecule has 0 fully saturated rings. The maximum Gasteiger partial charge on any atom is 0.337 e. The third kappa shape index (κ3) is 8.81. The second kappa shape index (κ2) is 14.4. The van der Waals surface area contributed by atoms with E-state index in [2.05, 4.69) is 9.47 Å². The third-order valence-corrected chi connectivity index (χ3v) is 5.64. The first-order valence-electron chi connectivity index (χ1n) is 12.1. The Morgan fingerprint density at radius 1 is 0.600 bits per heavy atom. The Balaban J connectivity index is 0.000000222. The zero-order valence-corrected chi connectivity index (χ0v) is 22.0. The topological polar surface area (TPSA) is 122 Å². The maximum absolute atomic E-state index is 11.3. The number of anilines is 1. The van der Waals surface area contributed by atoms with Crippen molar-refractivity contribution in [3.63, 3.8) is 0 Å². The smallest absolute Gasteiger partial charge is 0.337 e. The molecular weight excluding hydrogens is 508 g/mol. The van der Waals surface area contributed by atoms with Crippen LogP contribution in [0, 0.1) is 10.1 Å². The summed E-state index contributed by atoms with van der Waals surface area (Å²) in [5.41, 5.74) is 11.3. The molecule has 2 N–H and O–H groups in total. The minimum Gasteiger partial charge on any atom is -0.465 e. The van der Waals surface area contributed by atoms with Gasteiger partial charge >= 0.3 is 11.9 Å². The van der Waals surface area contributed by atoms with Crippen molar-refractivity contribution in [2.24, 2.45) is 0 Å². The molecule has 8 heteroatoms. The van der Waals surface area contributed by atoms with Crippen molar-refractivity contribution in [1.82, 2.24) is 0 Å². The van der Waals surface area contributed by atoms with Gasteiger partial charge in [-0.1, -0.05) is 60.7 Å². The summed E-state index contributed by atoms with van der Waals surface area (Å²) in [7, 11) is 2.71. The summed E-state index contributed by atoms with van der Waals surface area (Å²) < 4.78 is 9.27. The summed E-state index contributed by atoms with van der Waals surface area (Å²) in [6, 6.07) is 28.1. The molecule has 40 heavy (non-hydrogen) atoms. The van der Waals surface area contributed by atoms with Gasteiger partial charge in [0, 0.05) is 17.8 Å². The fourth-order valence-corrected chi connectivity index (χ4v) is 3.40. The molecule has 202 valence electrons. The zero-order chi connectivity index (χ0) is 28.9.